The van der Waals surface area contributed by atoms with Crippen LogP contribution in [0.5, 0.6) is 0 Å². The zero-order valence-corrected chi connectivity index (χ0v) is 13.6. The number of nitrogens with zero attached hydrogens (tertiary/aromatic N) is 2. The van der Waals surface area contributed by atoms with Crippen LogP contribution in [0.4, 0.5) is 0 Å². The van der Waals surface area contributed by atoms with E-state index in [2.05, 4.69) is 77.6 Å². The Morgan fingerprint density at radius 3 is 1.17 bits per heavy atom. The van der Waals surface area contributed by atoms with E-state index in [4.69, 9.17) is 0 Å². The molecule has 4 unspecified atom stereocenters. The molecule has 1 N–H and O–H groups in total. The van der Waals surface area contributed by atoms with E-state index in [0.29, 0.717) is 23.9 Å². The molecule has 0 saturated carbocycles. The topological polar surface area (TPSA) is 18.0 Å². The van der Waals surface area contributed by atoms with Crippen molar-refractivity contribution < 1.29 is 0 Å². The van der Waals surface area contributed by atoms with Crippen molar-refractivity contribution in [2.75, 3.05) is 0 Å². The Kier molecular flexibility index (Phi) is 2.94. The minimum atomic E-state index is 0.262. The van der Waals surface area contributed by atoms with Crippen molar-refractivity contribution in [2.45, 2.75) is 80.8 Å². The summed E-state index contributed by atoms with van der Waals surface area (Å²) in [4.78, 5) is 0. The molecule has 0 bridgehead atoms. The SMILES string of the molecule is CC(C)(C)C1NC(C(C)(C)C)N2C(C(C)(C)C)N12. The lowest BCUT2D eigenvalue weighted by Gasteiger charge is -2.36. The van der Waals surface area contributed by atoms with E-state index < -0.39 is 0 Å². The van der Waals surface area contributed by atoms with Gasteiger partial charge in [-0.05, 0) is 16.2 Å². The summed E-state index contributed by atoms with van der Waals surface area (Å²) in [5.74, 6) is 0. The Balaban J connectivity index is 2.26. The lowest BCUT2D eigenvalue weighted by atomic mass is 9.86. The van der Waals surface area contributed by atoms with Crippen LogP contribution in [0.3, 0.4) is 0 Å². The van der Waals surface area contributed by atoms with E-state index in [-0.39, 0.29) is 10.8 Å². The fourth-order valence-corrected chi connectivity index (χ4v) is 3.14. The highest BCUT2D eigenvalue weighted by Gasteiger charge is 2.66. The Hall–Kier alpha value is -0.120. The van der Waals surface area contributed by atoms with Gasteiger partial charge in [-0.1, -0.05) is 62.3 Å². The molecule has 3 heteroatoms. The van der Waals surface area contributed by atoms with Gasteiger partial charge in [-0.2, -0.15) is 0 Å². The molecular formula is C15H31N3. The van der Waals surface area contributed by atoms with Crippen molar-refractivity contribution in [1.29, 1.82) is 0 Å². The molecule has 106 valence electrons. The van der Waals surface area contributed by atoms with Crippen LogP contribution in [-0.2, 0) is 0 Å². The molecule has 0 aliphatic carbocycles. The molecule has 0 amide bonds. The van der Waals surface area contributed by atoms with Gasteiger partial charge in [0.2, 0.25) is 0 Å². The van der Waals surface area contributed by atoms with E-state index in [1.54, 1.807) is 0 Å². The van der Waals surface area contributed by atoms with Crippen LogP contribution in [0.25, 0.3) is 0 Å². The van der Waals surface area contributed by atoms with Crippen molar-refractivity contribution in [2.24, 2.45) is 16.2 Å². The second kappa shape index (κ2) is 3.71. The van der Waals surface area contributed by atoms with E-state index in [1.807, 2.05) is 0 Å². The maximum absolute atomic E-state index is 3.82. The molecule has 0 spiro atoms. The van der Waals surface area contributed by atoms with E-state index in [9.17, 15) is 0 Å². The first-order chi connectivity index (χ1) is 7.85. The number of hydrogen-bond acceptors (Lipinski definition) is 3. The molecule has 2 rings (SSSR count). The lowest BCUT2D eigenvalue weighted by molar-refractivity contribution is 0.128. The Morgan fingerprint density at radius 1 is 0.611 bits per heavy atom. The summed E-state index contributed by atoms with van der Waals surface area (Å²) < 4.78 is 0. The van der Waals surface area contributed by atoms with Crippen LogP contribution >= 0.6 is 0 Å². The smallest absolute Gasteiger partial charge is 0.0979 e. The molecule has 2 aliphatic heterocycles. The molecule has 3 nitrogen and oxygen atoms in total. The Morgan fingerprint density at radius 2 is 0.944 bits per heavy atom. The van der Waals surface area contributed by atoms with Crippen LogP contribution in [0.15, 0.2) is 0 Å². The predicted molar refractivity (Wildman–Crippen MR) is 76.5 cm³/mol. The summed E-state index contributed by atoms with van der Waals surface area (Å²) in [6, 6.07) is 0. The normalized spacial score (nSPS) is 40.8. The number of rotatable bonds is 0. The van der Waals surface area contributed by atoms with Crippen LogP contribution in [0.1, 0.15) is 62.3 Å². The largest absolute Gasteiger partial charge is 0.283 e. The molecule has 0 aromatic heterocycles. The second-order valence-corrected chi connectivity index (χ2v) is 9.20. The summed E-state index contributed by atoms with van der Waals surface area (Å²) in [6.45, 7) is 21.0. The molecule has 2 heterocycles. The molecule has 0 radical (unpaired) electrons. The number of fused-ring (bicyclic) bond motifs is 1. The monoisotopic (exact) mass is 253 g/mol. The second-order valence-electron chi connectivity index (χ2n) is 9.20. The highest BCUT2D eigenvalue weighted by molar-refractivity contribution is 5.08. The van der Waals surface area contributed by atoms with Gasteiger partial charge in [0.25, 0.3) is 0 Å². The summed E-state index contributed by atoms with van der Waals surface area (Å²) in [7, 11) is 0. The molecule has 0 aromatic carbocycles. The van der Waals surface area contributed by atoms with Gasteiger partial charge >= 0.3 is 0 Å². The maximum Gasteiger partial charge on any atom is 0.0979 e. The van der Waals surface area contributed by atoms with Crippen molar-refractivity contribution >= 4 is 0 Å². The first-order valence-electron chi connectivity index (χ1n) is 7.18. The molecule has 4 atom stereocenters. The van der Waals surface area contributed by atoms with Crippen molar-refractivity contribution in [3.8, 4) is 0 Å². The zero-order valence-electron chi connectivity index (χ0n) is 13.6. The molecule has 2 fully saturated rings. The van der Waals surface area contributed by atoms with Gasteiger partial charge in [0, 0.05) is 0 Å². The van der Waals surface area contributed by atoms with Crippen molar-refractivity contribution in [3.05, 3.63) is 0 Å². The van der Waals surface area contributed by atoms with Crippen molar-refractivity contribution in [1.82, 2.24) is 15.3 Å². The number of hydrazine groups is 1. The molecule has 2 aliphatic rings. The standard InChI is InChI=1S/C15H31N3/c1-13(2,3)10-16-11(14(4,5)6)18-12(17(10)18)15(7,8)9/h10-12,16H,1-9H3. The third kappa shape index (κ3) is 2.21. The average molecular weight is 253 g/mol. The van der Waals surface area contributed by atoms with Gasteiger partial charge in [-0.25, -0.2) is 10.0 Å². The maximum atomic E-state index is 3.82. The molecule has 2 saturated heterocycles. The zero-order chi connectivity index (χ0) is 14.1. The third-order valence-corrected chi connectivity index (χ3v) is 3.97. The van der Waals surface area contributed by atoms with Gasteiger partial charge in [0.1, 0.15) is 0 Å². The minimum absolute atomic E-state index is 0.262. The van der Waals surface area contributed by atoms with Gasteiger partial charge in [0.15, 0.2) is 0 Å². The summed E-state index contributed by atoms with van der Waals surface area (Å²) >= 11 is 0. The number of hydrogen-bond donors (Lipinski definition) is 1. The fourth-order valence-electron chi connectivity index (χ4n) is 3.14. The van der Waals surface area contributed by atoms with Crippen LogP contribution in [-0.4, -0.2) is 28.5 Å². The first-order valence-corrected chi connectivity index (χ1v) is 7.18. The molecular weight excluding hydrogens is 222 g/mol. The Labute approximate surface area is 113 Å². The molecule has 0 aromatic rings. The lowest BCUT2D eigenvalue weighted by Crippen LogP contribution is -2.53. The van der Waals surface area contributed by atoms with Gasteiger partial charge < -0.3 is 0 Å². The van der Waals surface area contributed by atoms with Crippen LogP contribution in [0.2, 0.25) is 0 Å². The quantitative estimate of drug-likeness (QED) is 0.668. The van der Waals surface area contributed by atoms with E-state index in [0.717, 1.165) is 0 Å². The highest BCUT2D eigenvalue weighted by Crippen LogP contribution is 2.52. The van der Waals surface area contributed by atoms with Crippen LogP contribution in [0, 0.1) is 16.2 Å². The fraction of sp³-hybridized carbons (Fsp3) is 1.00. The number of nitrogens with one attached hydrogen (secondary N) is 1. The third-order valence-electron chi connectivity index (χ3n) is 3.97. The van der Waals surface area contributed by atoms with Gasteiger partial charge in [-0.3, -0.25) is 5.32 Å². The van der Waals surface area contributed by atoms with Gasteiger partial charge in [0.05, 0.1) is 18.5 Å². The average Bonchev–Trinajstić information content (AvgIpc) is 2.65. The van der Waals surface area contributed by atoms with Crippen LogP contribution < -0.4 is 5.32 Å². The minimum Gasteiger partial charge on any atom is -0.283 e. The van der Waals surface area contributed by atoms with E-state index in [1.165, 1.54) is 0 Å². The Bertz CT molecular complexity index is 303. The van der Waals surface area contributed by atoms with Crippen molar-refractivity contribution in [3.63, 3.8) is 0 Å². The summed E-state index contributed by atoms with van der Waals surface area (Å²) in [5, 5.41) is 8.96. The predicted octanol–water partition coefficient (Wildman–Crippen LogP) is 3.24. The first kappa shape index (κ1) is 14.3. The van der Waals surface area contributed by atoms with E-state index >= 15 is 0 Å². The summed E-state index contributed by atoms with van der Waals surface area (Å²) in [5.41, 5.74) is 0.839. The molecule has 18 heavy (non-hydrogen) atoms. The highest BCUT2D eigenvalue weighted by atomic mass is 15.9. The summed E-state index contributed by atoms with van der Waals surface area (Å²) in [6.07, 6.45) is 1.48. The van der Waals surface area contributed by atoms with Gasteiger partial charge in [-0.15, -0.1) is 0 Å².